The van der Waals surface area contributed by atoms with Crippen molar-refractivity contribution in [1.82, 2.24) is 4.98 Å². The van der Waals surface area contributed by atoms with Gasteiger partial charge in [-0.05, 0) is 32.0 Å². The van der Waals surface area contributed by atoms with Gasteiger partial charge in [0.05, 0.1) is 29.9 Å². The van der Waals surface area contributed by atoms with Crippen LogP contribution in [-0.2, 0) is 0 Å². The Hall–Kier alpha value is -2.87. The van der Waals surface area contributed by atoms with E-state index in [0.717, 1.165) is 10.3 Å². The summed E-state index contributed by atoms with van der Waals surface area (Å²) >= 11 is 0. The molecule has 0 saturated carbocycles. The summed E-state index contributed by atoms with van der Waals surface area (Å²) in [6.07, 6.45) is 6.05. The van der Waals surface area contributed by atoms with Crippen molar-refractivity contribution in [3.63, 3.8) is 0 Å². The molecule has 5 heteroatoms. The molecule has 2 aromatic rings. The van der Waals surface area contributed by atoms with Crippen LogP contribution in [0.15, 0.2) is 48.4 Å². The van der Waals surface area contributed by atoms with Crippen LogP contribution in [0, 0.1) is 16.5 Å². The highest BCUT2D eigenvalue weighted by Gasteiger charge is 2.23. The summed E-state index contributed by atoms with van der Waals surface area (Å²) in [6, 6.07) is 6.62. The number of allylic oxidation sites excluding steroid dienone is 2. The number of rotatable bonds is 3. The second-order valence-corrected chi connectivity index (χ2v) is 4.93. The van der Waals surface area contributed by atoms with Crippen LogP contribution >= 0.6 is 0 Å². The second kappa shape index (κ2) is 6.06. The van der Waals surface area contributed by atoms with E-state index in [0.29, 0.717) is 16.8 Å². The van der Waals surface area contributed by atoms with Crippen LogP contribution in [0.5, 0.6) is 5.75 Å². The van der Waals surface area contributed by atoms with E-state index in [1.165, 1.54) is 30.7 Å². The van der Waals surface area contributed by atoms with Crippen LogP contribution in [0.3, 0.4) is 0 Å². The van der Waals surface area contributed by atoms with E-state index in [4.69, 9.17) is 5.26 Å². The minimum atomic E-state index is -0.463. The summed E-state index contributed by atoms with van der Waals surface area (Å²) in [5.74, 6) is -0.421. The molecular weight excluding hydrogens is 266 g/mol. The summed E-state index contributed by atoms with van der Waals surface area (Å²) < 4.78 is 0.718. The Morgan fingerprint density at radius 2 is 2.24 bits per heavy atom. The number of phenols is 1. The normalized spacial score (nSPS) is 11.5. The predicted octanol–water partition coefficient (Wildman–Crippen LogP) is 2.39. The summed E-state index contributed by atoms with van der Waals surface area (Å²) in [5.41, 5.74) is 2.32. The van der Waals surface area contributed by atoms with Gasteiger partial charge in [0.1, 0.15) is 5.75 Å². The zero-order chi connectivity index (χ0) is 15.4. The molecule has 1 heterocycles. The van der Waals surface area contributed by atoms with Gasteiger partial charge in [0.2, 0.25) is 5.69 Å². The van der Waals surface area contributed by atoms with E-state index in [-0.39, 0.29) is 5.75 Å². The number of hydrogen-bond acceptors (Lipinski definition) is 4. The Balaban J connectivity index is 2.65. The summed E-state index contributed by atoms with van der Waals surface area (Å²) in [4.78, 5) is 3.97. The monoisotopic (exact) mass is 281 g/mol. The van der Waals surface area contributed by atoms with Gasteiger partial charge in [-0.2, -0.15) is 9.99 Å². The minimum Gasteiger partial charge on any atom is -0.618 e. The molecule has 1 aromatic carbocycles. The first-order chi connectivity index (χ1) is 10.0. The van der Waals surface area contributed by atoms with Gasteiger partial charge in [0.15, 0.2) is 6.20 Å². The van der Waals surface area contributed by atoms with Crippen LogP contribution < -0.4 is 4.73 Å². The average Bonchev–Trinajstić information content (AvgIpc) is 2.46. The summed E-state index contributed by atoms with van der Waals surface area (Å²) in [7, 11) is 0. The van der Waals surface area contributed by atoms with Crippen molar-refractivity contribution in [2.45, 2.75) is 19.8 Å². The number of phenolic OH excluding ortho intramolecular Hbond substituents is 1. The lowest BCUT2D eigenvalue weighted by Gasteiger charge is -2.15. The van der Waals surface area contributed by atoms with Crippen LogP contribution in [-0.4, -0.2) is 10.1 Å². The highest BCUT2D eigenvalue weighted by Crippen LogP contribution is 2.32. The number of hydrogen-bond donors (Lipinski definition) is 1. The highest BCUT2D eigenvalue weighted by atomic mass is 16.5. The van der Waals surface area contributed by atoms with E-state index in [1.54, 1.807) is 6.07 Å². The van der Waals surface area contributed by atoms with Gasteiger partial charge >= 0.3 is 0 Å². The van der Waals surface area contributed by atoms with Crippen LogP contribution in [0.2, 0.25) is 0 Å². The van der Waals surface area contributed by atoms with Gasteiger partial charge in [-0.25, -0.2) is 0 Å². The van der Waals surface area contributed by atoms with E-state index in [9.17, 15) is 10.3 Å². The van der Waals surface area contributed by atoms with Gasteiger partial charge in [0, 0.05) is 5.56 Å². The fraction of sp³-hybridized carbons (Fsp3) is 0.188. The molecule has 0 saturated heterocycles. The standard InChI is InChI=1S/C16H15N3O2/c1-11(2)7-13(15-10-18-5-6-19(15)21)14-8-12(9-17)3-4-16(14)20/h3-8,10,13,20H,1-2H3. The van der Waals surface area contributed by atoms with Crippen molar-refractivity contribution in [2.75, 3.05) is 0 Å². The van der Waals surface area contributed by atoms with Crippen molar-refractivity contribution in [2.24, 2.45) is 0 Å². The van der Waals surface area contributed by atoms with E-state index < -0.39 is 5.92 Å². The molecule has 1 unspecified atom stereocenters. The Kier molecular flexibility index (Phi) is 4.19. The molecule has 2 rings (SSSR count). The fourth-order valence-corrected chi connectivity index (χ4v) is 2.12. The SMILES string of the molecule is CC(C)=CC(c1cc(C#N)ccc1O)c1cncc[n+]1[O-]. The Labute approximate surface area is 123 Å². The molecular formula is C16H15N3O2. The third-order valence-corrected chi connectivity index (χ3v) is 3.06. The lowest BCUT2D eigenvalue weighted by molar-refractivity contribution is -0.615. The molecule has 21 heavy (non-hydrogen) atoms. The van der Waals surface area contributed by atoms with Crippen molar-refractivity contribution in [3.8, 4) is 11.8 Å². The Morgan fingerprint density at radius 1 is 1.48 bits per heavy atom. The molecule has 0 aliphatic carbocycles. The van der Waals surface area contributed by atoms with Crippen molar-refractivity contribution >= 4 is 0 Å². The molecule has 1 N–H and O–H groups in total. The molecule has 0 radical (unpaired) electrons. The van der Waals surface area contributed by atoms with Gasteiger partial charge in [-0.15, -0.1) is 0 Å². The van der Waals surface area contributed by atoms with Crippen LogP contribution in [0.25, 0.3) is 0 Å². The van der Waals surface area contributed by atoms with Gasteiger partial charge < -0.3 is 10.3 Å². The van der Waals surface area contributed by atoms with Crippen molar-refractivity contribution in [1.29, 1.82) is 5.26 Å². The molecule has 0 bridgehead atoms. The number of nitrogens with zero attached hydrogens (tertiary/aromatic N) is 3. The van der Waals surface area contributed by atoms with Gasteiger partial charge in [0.25, 0.3) is 0 Å². The second-order valence-electron chi connectivity index (χ2n) is 4.93. The van der Waals surface area contributed by atoms with Gasteiger partial charge in [-0.1, -0.05) is 11.6 Å². The summed E-state index contributed by atoms with van der Waals surface area (Å²) in [5, 5.41) is 31.1. The maximum absolute atomic E-state index is 12.0. The zero-order valence-corrected chi connectivity index (χ0v) is 11.8. The molecule has 0 aliphatic heterocycles. The summed E-state index contributed by atoms with van der Waals surface area (Å²) in [6.45, 7) is 3.81. The maximum atomic E-state index is 12.0. The lowest BCUT2D eigenvalue weighted by Crippen LogP contribution is -2.33. The molecule has 0 fully saturated rings. The number of benzene rings is 1. The first-order valence-corrected chi connectivity index (χ1v) is 6.44. The van der Waals surface area contributed by atoms with Crippen LogP contribution in [0.1, 0.15) is 36.6 Å². The van der Waals surface area contributed by atoms with Crippen molar-refractivity contribution < 1.29 is 9.84 Å². The average molecular weight is 281 g/mol. The molecule has 0 spiro atoms. The number of nitriles is 1. The zero-order valence-electron chi connectivity index (χ0n) is 11.8. The Morgan fingerprint density at radius 3 is 2.86 bits per heavy atom. The molecule has 1 aromatic heterocycles. The van der Waals surface area contributed by atoms with E-state index in [2.05, 4.69) is 4.98 Å². The number of aromatic hydroxyl groups is 1. The van der Waals surface area contributed by atoms with E-state index in [1.807, 2.05) is 26.0 Å². The van der Waals surface area contributed by atoms with Crippen molar-refractivity contribution in [3.05, 3.63) is 70.5 Å². The molecule has 0 amide bonds. The third kappa shape index (κ3) is 3.18. The first-order valence-electron chi connectivity index (χ1n) is 6.44. The third-order valence-electron chi connectivity index (χ3n) is 3.06. The molecule has 106 valence electrons. The van der Waals surface area contributed by atoms with Gasteiger partial charge in [-0.3, -0.25) is 4.98 Å². The predicted molar refractivity (Wildman–Crippen MR) is 77.3 cm³/mol. The molecule has 0 aliphatic rings. The minimum absolute atomic E-state index is 0.0420. The van der Waals surface area contributed by atoms with E-state index >= 15 is 0 Å². The Bertz CT molecular complexity index is 729. The fourth-order valence-electron chi connectivity index (χ4n) is 2.12. The number of aromatic nitrogens is 2. The quantitative estimate of drug-likeness (QED) is 0.532. The largest absolute Gasteiger partial charge is 0.618 e. The smallest absolute Gasteiger partial charge is 0.222 e. The lowest BCUT2D eigenvalue weighted by atomic mass is 9.92. The molecule has 5 nitrogen and oxygen atoms in total. The topological polar surface area (TPSA) is 83.8 Å². The highest BCUT2D eigenvalue weighted by molar-refractivity contribution is 5.47. The first kappa shape index (κ1) is 14.5. The van der Waals surface area contributed by atoms with Crippen LogP contribution in [0.4, 0.5) is 0 Å². The molecule has 1 atom stereocenters. The maximum Gasteiger partial charge on any atom is 0.222 e.